The molecule has 1 aromatic carbocycles. The molecule has 0 spiro atoms. The lowest BCUT2D eigenvalue weighted by Crippen LogP contribution is -2.32. The first kappa shape index (κ1) is 17.1. The molecule has 0 aliphatic rings. The Morgan fingerprint density at radius 1 is 1.17 bits per heavy atom. The molecule has 1 heterocycles. The van der Waals surface area contributed by atoms with Gasteiger partial charge in [-0.05, 0) is 17.7 Å². The summed E-state index contributed by atoms with van der Waals surface area (Å²) in [4.78, 5) is 12.1. The predicted octanol–water partition coefficient (Wildman–Crippen LogP) is 2.98. The van der Waals surface area contributed by atoms with E-state index in [0.717, 1.165) is 7.11 Å². The van der Waals surface area contributed by atoms with E-state index in [-0.39, 0.29) is 6.54 Å². The minimum atomic E-state index is -4.91. The highest BCUT2D eigenvalue weighted by atomic mass is 35.5. The molecule has 0 bridgehead atoms. The number of benzene rings is 1. The van der Waals surface area contributed by atoms with Crippen LogP contribution in [0.1, 0.15) is 11.1 Å². The number of hydrogen-bond donors (Lipinski definition) is 0. The van der Waals surface area contributed by atoms with Gasteiger partial charge in [-0.15, -0.1) is 0 Å². The Bertz CT molecular complexity index is 758. The van der Waals surface area contributed by atoms with Crippen molar-refractivity contribution in [2.75, 3.05) is 14.2 Å². The molecule has 0 aliphatic carbocycles. The van der Waals surface area contributed by atoms with Gasteiger partial charge in [0.2, 0.25) is 0 Å². The topological polar surface area (TPSA) is 53.4 Å². The van der Waals surface area contributed by atoms with Crippen LogP contribution in [0.5, 0.6) is 11.5 Å². The molecule has 0 aliphatic heterocycles. The molecular formula is C14H12ClF3N2O3. The highest BCUT2D eigenvalue weighted by molar-refractivity contribution is 6.30. The SMILES string of the molecule is COc1ccc(Cn2nc(Cl)c(OC)c(C(F)(F)F)c2=O)cc1. The average Bonchev–Trinajstić information content (AvgIpc) is 2.49. The average molecular weight is 349 g/mol. The second kappa shape index (κ2) is 6.49. The fourth-order valence-corrected chi connectivity index (χ4v) is 2.24. The molecule has 0 radical (unpaired) electrons. The van der Waals surface area contributed by atoms with Crippen LogP contribution in [0.15, 0.2) is 29.1 Å². The maximum atomic E-state index is 13.1. The Hall–Kier alpha value is -2.22. The molecule has 124 valence electrons. The zero-order valence-electron chi connectivity index (χ0n) is 12.1. The molecule has 0 unspecified atom stereocenters. The Balaban J connectivity index is 2.51. The summed E-state index contributed by atoms with van der Waals surface area (Å²) in [6.45, 7) is -0.171. The molecule has 0 amide bonds. The van der Waals surface area contributed by atoms with Gasteiger partial charge in [0.1, 0.15) is 5.75 Å². The van der Waals surface area contributed by atoms with Crippen molar-refractivity contribution in [3.8, 4) is 11.5 Å². The number of methoxy groups -OCH3 is 2. The number of alkyl halides is 3. The number of halogens is 4. The van der Waals surface area contributed by atoms with Crippen molar-refractivity contribution in [1.82, 2.24) is 9.78 Å². The second-order valence-corrected chi connectivity index (χ2v) is 4.87. The molecule has 23 heavy (non-hydrogen) atoms. The van der Waals surface area contributed by atoms with Crippen molar-refractivity contribution < 1.29 is 22.6 Å². The number of rotatable bonds is 4. The summed E-state index contributed by atoms with van der Waals surface area (Å²) < 4.78 is 49.5. The summed E-state index contributed by atoms with van der Waals surface area (Å²) in [5.74, 6) is -0.201. The number of ether oxygens (including phenoxy) is 2. The molecule has 0 saturated heterocycles. The lowest BCUT2D eigenvalue weighted by atomic mass is 10.2. The predicted molar refractivity (Wildman–Crippen MR) is 77.2 cm³/mol. The van der Waals surface area contributed by atoms with Crippen molar-refractivity contribution in [3.63, 3.8) is 0 Å². The van der Waals surface area contributed by atoms with Gasteiger partial charge in [-0.1, -0.05) is 23.7 Å². The van der Waals surface area contributed by atoms with Gasteiger partial charge in [0, 0.05) is 0 Å². The summed E-state index contributed by atoms with van der Waals surface area (Å²) in [5.41, 5.74) is -2.24. The standard InChI is InChI=1S/C14H12ClF3N2O3/c1-22-9-5-3-8(4-6-9)7-20-13(21)10(14(16,17)18)11(23-2)12(15)19-20/h3-6H,7H2,1-2H3. The van der Waals surface area contributed by atoms with Gasteiger partial charge in [-0.25, -0.2) is 4.68 Å². The molecular weight excluding hydrogens is 337 g/mol. The quantitative estimate of drug-likeness (QED) is 0.852. The summed E-state index contributed by atoms with van der Waals surface area (Å²) in [5, 5.41) is 3.13. The maximum Gasteiger partial charge on any atom is 0.425 e. The smallest absolute Gasteiger partial charge is 0.425 e. The third-order valence-corrected chi connectivity index (χ3v) is 3.30. The van der Waals surface area contributed by atoms with Crippen molar-refractivity contribution >= 4 is 11.6 Å². The van der Waals surface area contributed by atoms with Crippen LogP contribution < -0.4 is 15.0 Å². The maximum absolute atomic E-state index is 13.1. The van der Waals surface area contributed by atoms with E-state index in [9.17, 15) is 18.0 Å². The van der Waals surface area contributed by atoms with Gasteiger partial charge >= 0.3 is 6.18 Å². The summed E-state index contributed by atoms with van der Waals surface area (Å²) >= 11 is 5.71. The molecule has 1 aromatic heterocycles. The van der Waals surface area contributed by atoms with E-state index in [1.165, 1.54) is 7.11 Å². The molecule has 0 N–H and O–H groups in total. The van der Waals surface area contributed by atoms with Gasteiger partial charge in [-0.3, -0.25) is 4.79 Å². The minimum absolute atomic E-state index is 0.171. The van der Waals surface area contributed by atoms with E-state index >= 15 is 0 Å². The molecule has 5 nitrogen and oxygen atoms in total. The number of hydrogen-bond acceptors (Lipinski definition) is 4. The summed E-state index contributed by atoms with van der Waals surface area (Å²) in [7, 11) is 2.48. The largest absolute Gasteiger partial charge is 0.497 e. The molecule has 0 fully saturated rings. The summed E-state index contributed by atoms with van der Waals surface area (Å²) in [6.07, 6.45) is -4.91. The van der Waals surface area contributed by atoms with E-state index < -0.39 is 28.2 Å². The zero-order valence-corrected chi connectivity index (χ0v) is 12.9. The third-order valence-electron chi connectivity index (χ3n) is 3.05. The van der Waals surface area contributed by atoms with Crippen LogP contribution in [0.4, 0.5) is 13.2 Å². The second-order valence-electron chi connectivity index (χ2n) is 4.51. The first-order valence-corrected chi connectivity index (χ1v) is 6.70. The van der Waals surface area contributed by atoms with E-state index in [1.807, 2.05) is 0 Å². The third kappa shape index (κ3) is 3.58. The van der Waals surface area contributed by atoms with Crippen molar-refractivity contribution in [3.05, 3.63) is 50.9 Å². The summed E-state index contributed by atoms with van der Waals surface area (Å²) in [6, 6.07) is 6.46. The van der Waals surface area contributed by atoms with Crippen LogP contribution in [0.2, 0.25) is 5.15 Å². The van der Waals surface area contributed by atoms with Crippen LogP contribution in [-0.2, 0) is 12.7 Å². The highest BCUT2D eigenvalue weighted by Gasteiger charge is 2.40. The minimum Gasteiger partial charge on any atom is -0.497 e. The van der Waals surface area contributed by atoms with Crippen LogP contribution >= 0.6 is 11.6 Å². The molecule has 0 saturated carbocycles. The Kier molecular flexibility index (Phi) is 4.84. The van der Waals surface area contributed by atoms with E-state index in [4.69, 9.17) is 16.3 Å². The fourth-order valence-electron chi connectivity index (χ4n) is 1.97. The highest BCUT2D eigenvalue weighted by Crippen LogP contribution is 2.36. The van der Waals surface area contributed by atoms with Crippen LogP contribution in [0.25, 0.3) is 0 Å². The molecule has 2 rings (SSSR count). The lowest BCUT2D eigenvalue weighted by Gasteiger charge is -2.14. The van der Waals surface area contributed by atoms with Gasteiger partial charge in [-0.2, -0.15) is 18.3 Å². The Morgan fingerprint density at radius 3 is 2.26 bits per heavy atom. The molecule has 0 atom stereocenters. The normalized spacial score (nSPS) is 11.4. The van der Waals surface area contributed by atoms with Crippen molar-refractivity contribution in [1.29, 1.82) is 0 Å². The Morgan fingerprint density at radius 2 is 1.78 bits per heavy atom. The van der Waals surface area contributed by atoms with Crippen LogP contribution in [0.3, 0.4) is 0 Å². The van der Waals surface area contributed by atoms with Gasteiger partial charge in [0.05, 0.1) is 20.8 Å². The van der Waals surface area contributed by atoms with E-state index in [1.54, 1.807) is 24.3 Å². The lowest BCUT2D eigenvalue weighted by molar-refractivity contribution is -0.140. The number of aromatic nitrogens is 2. The monoisotopic (exact) mass is 348 g/mol. The van der Waals surface area contributed by atoms with E-state index in [2.05, 4.69) is 9.84 Å². The van der Waals surface area contributed by atoms with Gasteiger partial charge < -0.3 is 9.47 Å². The fraction of sp³-hybridized carbons (Fsp3) is 0.286. The van der Waals surface area contributed by atoms with Gasteiger partial charge in [0.25, 0.3) is 5.56 Å². The van der Waals surface area contributed by atoms with Crippen LogP contribution in [-0.4, -0.2) is 24.0 Å². The Labute approximate surface area is 134 Å². The van der Waals surface area contributed by atoms with Crippen LogP contribution in [0, 0.1) is 0 Å². The zero-order chi connectivity index (χ0) is 17.2. The number of nitrogens with zero attached hydrogens (tertiary/aromatic N) is 2. The first-order chi connectivity index (χ1) is 10.8. The van der Waals surface area contributed by atoms with E-state index in [0.29, 0.717) is 16.0 Å². The van der Waals surface area contributed by atoms with Crippen molar-refractivity contribution in [2.24, 2.45) is 0 Å². The van der Waals surface area contributed by atoms with Crippen molar-refractivity contribution in [2.45, 2.75) is 12.7 Å². The first-order valence-electron chi connectivity index (χ1n) is 6.32. The molecule has 2 aromatic rings. The molecule has 9 heteroatoms. The van der Waals surface area contributed by atoms with Gasteiger partial charge in [0.15, 0.2) is 16.5 Å².